The Kier molecular flexibility index (Phi) is 5.95. The summed E-state index contributed by atoms with van der Waals surface area (Å²) >= 11 is 3.21. The largest absolute Gasteiger partial charge is 0.325 e. The van der Waals surface area contributed by atoms with Crippen LogP contribution in [0, 0.1) is 6.92 Å². The van der Waals surface area contributed by atoms with Crippen LogP contribution in [0.3, 0.4) is 0 Å². The summed E-state index contributed by atoms with van der Waals surface area (Å²) in [5, 5.41) is 11.3. The molecule has 0 fully saturated rings. The number of benzene rings is 1. The summed E-state index contributed by atoms with van der Waals surface area (Å²) in [5.74, 6) is -2.40. The lowest BCUT2D eigenvalue weighted by Gasteiger charge is -2.05. The van der Waals surface area contributed by atoms with Gasteiger partial charge in [0.1, 0.15) is 5.01 Å². The van der Waals surface area contributed by atoms with Crippen LogP contribution in [0.2, 0.25) is 0 Å². The molecule has 21 heavy (non-hydrogen) atoms. The topological polar surface area (TPSA) is 54.9 Å². The van der Waals surface area contributed by atoms with Crippen molar-refractivity contribution in [2.75, 3.05) is 11.1 Å². The molecule has 1 aromatic heterocycles. The quantitative estimate of drug-likeness (QED) is 0.804. The van der Waals surface area contributed by atoms with Crippen molar-refractivity contribution in [2.24, 2.45) is 0 Å². The number of nitrogens with one attached hydrogen (secondary N) is 1. The zero-order valence-electron chi connectivity index (χ0n) is 10.9. The van der Waals surface area contributed by atoms with Gasteiger partial charge >= 0.3 is 0 Å². The van der Waals surface area contributed by atoms with Crippen molar-refractivity contribution < 1.29 is 13.6 Å². The molecule has 0 aliphatic carbocycles. The summed E-state index contributed by atoms with van der Waals surface area (Å²) in [6.07, 6.45) is 0. The van der Waals surface area contributed by atoms with Gasteiger partial charge in [0.25, 0.3) is 5.76 Å². The Morgan fingerprint density at radius 2 is 2.05 bits per heavy atom. The maximum atomic E-state index is 12.2. The molecule has 2 rings (SSSR count). The third-order valence-corrected chi connectivity index (χ3v) is 4.89. The third kappa shape index (κ3) is 5.60. The minimum absolute atomic E-state index is 0.179. The second kappa shape index (κ2) is 7.71. The summed E-state index contributed by atoms with van der Waals surface area (Å²) in [6, 6.07) is 6.30. The van der Waals surface area contributed by atoms with Crippen molar-refractivity contribution in [3.63, 3.8) is 0 Å². The second-order valence-electron chi connectivity index (χ2n) is 3.83. The molecule has 0 bridgehead atoms. The average molecular weight is 347 g/mol. The van der Waals surface area contributed by atoms with Gasteiger partial charge in [0, 0.05) is 10.6 Å². The van der Waals surface area contributed by atoms with Crippen LogP contribution in [0.15, 0.2) is 33.5 Å². The molecule has 1 N–H and O–H groups in total. The molecule has 0 saturated carbocycles. The van der Waals surface area contributed by atoms with E-state index < -0.39 is 5.76 Å². The first-order valence-corrected chi connectivity index (χ1v) is 8.49. The minimum Gasteiger partial charge on any atom is -0.325 e. The van der Waals surface area contributed by atoms with E-state index in [2.05, 4.69) is 15.5 Å². The second-order valence-corrected chi connectivity index (χ2v) is 7.29. The molecule has 4 nitrogen and oxygen atoms in total. The Labute approximate surface area is 132 Å². The average Bonchev–Trinajstić information content (AvgIpc) is 2.84. The van der Waals surface area contributed by atoms with Crippen LogP contribution in [0.4, 0.5) is 14.5 Å². The van der Waals surface area contributed by atoms with Crippen LogP contribution in [0.5, 0.6) is 0 Å². The molecule has 0 unspecified atom stereocenters. The number of hydrogen-bond donors (Lipinski definition) is 1. The highest BCUT2D eigenvalue weighted by Gasteiger charge is 2.08. The van der Waals surface area contributed by atoms with E-state index in [9.17, 15) is 13.6 Å². The summed E-state index contributed by atoms with van der Waals surface area (Å²) in [7, 11) is 0. The van der Waals surface area contributed by atoms with Crippen LogP contribution in [0.25, 0.3) is 0 Å². The highest BCUT2D eigenvalue weighted by molar-refractivity contribution is 8.01. The molecule has 0 spiro atoms. The zero-order chi connectivity index (χ0) is 15.2. The van der Waals surface area contributed by atoms with E-state index in [-0.39, 0.29) is 11.7 Å². The van der Waals surface area contributed by atoms with Crippen molar-refractivity contribution in [3.8, 4) is 0 Å². The molecule has 0 aliphatic heterocycles. The molecule has 112 valence electrons. The molecule has 2 aromatic rings. The predicted molar refractivity (Wildman–Crippen MR) is 82.3 cm³/mol. The van der Waals surface area contributed by atoms with Crippen molar-refractivity contribution in [1.29, 1.82) is 0 Å². The van der Waals surface area contributed by atoms with E-state index in [1.165, 1.54) is 23.1 Å². The van der Waals surface area contributed by atoms with Crippen molar-refractivity contribution in [1.82, 2.24) is 10.2 Å². The fraction of sp³-hybridized carbons (Fsp3) is 0.250. The first kappa shape index (κ1) is 16.2. The molecule has 9 heteroatoms. The number of aryl methyl sites for hydroxylation is 1. The molecule has 0 radical (unpaired) electrons. The van der Waals surface area contributed by atoms with Gasteiger partial charge in [-0.15, -0.1) is 10.2 Å². The number of anilines is 1. The number of amides is 1. The summed E-state index contributed by atoms with van der Waals surface area (Å²) in [6.45, 7) is 1.85. The van der Waals surface area contributed by atoms with Gasteiger partial charge in [-0.2, -0.15) is 8.78 Å². The lowest BCUT2D eigenvalue weighted by Crippen LogP contribution is -2.13. The number of thioether (sulfide) groups is 2. The van der Waals surface area contributed by atoms with Crippen LogP contribution in [0.1, 0.15) is 5.01 Å². The maximum Gasteiger partial charge on any atom is 0.288 e. The number of alkyl halides is 2. The summed E-state index contributed by atoms with van der Waals surface area (Å²) in [4.78, 5) is 12.2. The highest BCUT2D eigenvalue weighted by Crippen LogP contribution is 2.26. The predicted octanol–water partition coefficient (Wildman–Crippen LogP) is 3.89. The SMILES string of the molecule is Cc1nnc(SCC(=O)Nc2ccc(SC(F)F)cc2)s1. The van der Waals surface area contributed by atoms with Crippen molar-refractivity contribution >= 4 is 46.5 Å². The summed E-state index contributed by atoms with van der Waals surface area (Å²) < 4.78 is 25.1. The van der Waals surface area contributed by atoms with Crippen LogP contribution >= 0.6 is 34.9 Å². The standard InChI is InChI=1S/C12H11F2N3OS3/c1-7-16-17-12(20-7)19-6-10(18)15-8-2-4-9(5-3-8)21-11(13)14/h2-5,11H,6H2,1H3,(H,15,18). The van der Waals surface area contributed by atoms with E-state index in [0.29, 0.717) is 22.3 Å². The van der Waals surface area contributed by atoms with Crippen molar-refractivity contribution in [2.45, 2.75) is 21.9 Å². The van der Waals surface area contributed by atoms with Crippen LogP contribution < -0.4 is 5.32 Å². The Hall–Kier alpha value is -1.19. The number of carbonyl (C=O) groups is 1. The molecule has 0 atom stereocenters. The van der Waals surface area contributed by atoms with Gasteiger partial charge in [0.15, 0.2) is 4.34 Å². The van der Waals surface area contributed by atoms with Crippen molar-refractivity contribution in [3.05, 3.63) is 29.3 Å². The first-order chi connectivity index (χ1) is 10.0. The lowest BCUT2D eigenvalue weighted by molar-refractivity contribution is -0.113. The monoisotopic (exact) mass is 347 g/mol. The first-order valence-electron chi connectivity index (χ1n) is 5.80. The number of nitrogens with zero attached hydrogens (tertiary/aromatic N) is 2. The fourth-order valence-corrected chi connectivity index (χ4v) is 3.50. The molecule has 1 amide bonds. The number of rotatable bonds is 6. The number of aromatic nitrogens is 2. The number of hydrogen-bond acceptors (Lipinski definition) is 6. The third-order valence-electron chi connectivity index (χ3n) is 2.20. The van der Waals surface area contributed by atoms with Gasteiger partial charge in [0.05, 0.1) is 5.75 Å². The van der Waals surface area contributed by atoms with E-state index in [4.69, 9.17) is 0 Å². The Morgan fingerprint density at radius 1 is 1.33 bits per heavy atom. The van der Waals surface area contributed by atoms with Gasteiger partial charge in [-0.3, -0.25) is 4.79 Å². The molecule has 1 heterocycles. The van der Waals surface area contributed by atoms with Gasteiger partial charge in [0.2, 0.25) is 5.91 Å². The smallest absolute Gasteiger partial charge is 0.288 e. The molecule has 1 aromatic carbocycles. The Balaban J connectivity index is 1.82. The normalized spacial score (nSPS) is 10.9. The van der Waals surface area contributed by atoms with Gasteiger partial charge in [-0.05, 0) is 31.2 Å². The molecule has 0 saturated heterocycles. The van der Waals surface area contributed by atoms with E-state index in [1.807, 2.05) is 6.92 Å². The molecular weight excluding hydrogens is 336 g/mol. The molecule has 0 aliphatic rings. The minimum atomic E-state index is -2.45. The number of halogens is 2. The zero-order valence-corrected chi connectivity index (χ0v) is 13.3. The number of carbonyl (C=O) groups excluding carboxylic acids is 1. The van der Waals surface area contributed by atoms with Gasteiger partial charge in [-0.1, -0.05) is 34.9 Å². The Bertz CT molecular complexity index is 604. The van der Waals surface area contributed by atoms with E-state index in [0.717, 1.165) is 9.35 Å². The Morgan fingerprint density at radius 3 is 2.62 bits per heavy atom. The summed E-state index contributed by atoms with van der Waals surface area (Å²) in [5.41, 5.74) is 0.577. The molecular formula is C12H11F2N3OS3. The van der Waals surface area contributed by atoms with Crippen LogP contribution in [-0.4, -0.2) is 27.6 Å². The fourth-order valence-electron chi connectivity index (χ4n) is 1.38. The lowest BCUT2D eigenvalue weighted by atomic mass is 10.3. The van der Waals surface area contributed by atoms with E-state index >= 15 is 0 Å². The van der Waals surface area contributed by atoms with Crippen LogP contribution in [-0.2, 0) is 4.79 Å². The highest BCUT2D eigenvalue weighted by atomic mass is 32.2. The van der Waals surface area contributed by atoms with E-state index in [1.54, 1.807) is 24.3 Å². The van der Waals surface area contributed by atoms with Gasteiger partial charge in [-0.25, -0.2) is 0 Å². The van der Waals surface area contributed by atoms with Gasteiger partial charge < -0.3 is 5.32 Å². The maximum absolute atomic E-state index is 12.2.